The summed E-state index contributed by atoms with van der Waals surface area (Å²) in [4.78, 5) is 14.3. The molecule has 0 radical (unpaired) electrons. The largest absolute Gasteiger partial charge is 0.364 e. The molecule has 0 aliphatic rings. The average molecular weight is 247 g/mol. The van der Waals surface area contributed by atoms with E-state index in [0.29, 0.717) is 18.8 Å². The minimum absolute atomic E-state index is 0.0153. The smallest absolute Gasteiger partial charge is 0.311 e. The third-order valence-corrected chi connectivity index (χ3v) is 2.43. The van der Waals surface area contributed by atoms with Crippen molar-refractivity contribution >= 4 is 11.5 Å². The fourth-order valence-corrected chi connectivity index (χ4v) is 1.59. The van der Waals surface area contributed by atoms with Gasteiger partial charge in [-0.05, 0) is 12.1 Å². The van der Waals surface area contributed by atoms with Crippen LogP contribution in [0.25, 0.3) is 0 Å². The average Bonchev–Trinajstić information content (AvgIpc) is 2.75. The first-order chi connectivity index (χ1) is 8.66. The molecule has 0 saturated heterocycles. The van der Waals surface area contributed by atoms with Crippen LogP contribution in [-0.4, -0.2) is 26.2 Å². The predicted octanol–water partition coefficient (Wildman–Crippen LogP) is 1.38. The van der Waals surface area contributed by atoms with Gasteiger partial charge in [0, 0.05) is 38.5 Å². The Morgan fingerprint density at radius 3 is 3.00 bits per heavy atom. The number of rotatable bonds is 5. The molecule has 1 N–H and O–H groups in total. The summed E-state index contributed by atoms with van der Waals surface area (Å²) in [6.45, 7) is 0.550. The number of aromatic nitrogens is 3. The summed E-state index contributed by atoms with van der Waals surface area (Å²) in [7, 11) is 1.85. The van der Waals surface area contributed by atoms with Gasteiger partial charge < -0.3 is 5.32 Å². The summed E-state index contributed by atoms with van der Waals surface area (Å²) in [6, 6.07) is 4.88. The molecule has 2 aromatic rings. The molecule has 7 nitrogen and oxygen atoms in total. The Morgan fingerprint density at radius 1 is 1.50 bits per heavy atom. The SMILES string of the molecule is Cn1ccc(CCNc2ncccc2[N+](=O)[O-])n1. The highest BCUT2D eigenvalue weighted by Gasteiger charge is 2.13. The van der Waals surface area contributed by atoms with E-state index in [1.807, 2.05) is 19.3 Å². The molecule has 18 heavy (non-hydrogen) atoms. The molecule has 2 heterocycles. The number of anilines is 1. The Kier molecular flexibility index (Phi) is 3.52. The molecular weight excluding hydrogens is 234 g/mol. The molecule has 0 fully saturated rings. The van der Waals surface area contributed by atoms with Gasteiger partial charge in [-0.2, -0.15) is 5.10 Å². The number of hydrogen-bond donors (Lipinski definition) is 1. The summed E-state index contributed by atoms with van der Waals surface area (Å²) < 4.78 is 1.72. The molecular formula is C11H13N5O2. The van der Waals surface area contributed by atoms with Gasteiger partial charge in [-0.25, -0.2) is 4.98 Å². The summed E-state index contributed by atoms with van der Waals surface area (Å²) in [6.07, 6.45) is 4.07. The molecule has 0 aliphatic heterocycles. The Hall–Kier alpha value is -2.44. The van der Waals surface area contributed by atoms with Gasteiger partial charge in [-0.3, -0.25) is 14.8 Å². The number of hydrogen-bond acceptors (Lipinski definition) is 5. The molecule has 0 unspecified atom stereocenters. The second kappa shape index (κ2) is 5.26. The fraction of sp³-hybridized carbons (Fsp3) is 0.273. The van der Waals surface area contributed by atoms with E-state index in [9.17, 15) is 10.1 Å². The lowest BCUT2D eigenvalue weighted by Gasteiger charge is -2.04. The van der Waals surface area contributed by atoms with E-state index in [4.69, 9.17) is 0 Å². The topological polar surface area (TPSA) is 85.9 Å². The van der Waals surface area contributed by atoms with Gasteiger partial charge in [0.2, 0.25) is 5.82 Å². The molecule has 0 saturated carbocycles. The highest BCUT2D eigenvalue weighted by Crippen LogP contribution is 2.19. The van der Waals surface area contributed by atoms with Crippen LogP contribution in [0.3, 0.4) is 0 Å². The number of nitrogens with zero attached hydrogens (tertiary/aromatic N) is 4. The number of nitrogens with one attached hydrogen (secondary N) is 1. The van der Waals surface area contributed by atoms with Gasteiger partial charge in [0.15, 0.2) is 0 Å². The van der Waals surface area contributed by atoms with E-state index in [1.165, 1.54) is 12.3 Å². The normalized spacial score (nSPS) is 10.3. The van der Waals surface area contributed by atoms with E-state index >= 15 is 0 Å². The molecule has 0 aromatic carbocycles. The Balaban J connectivity index is 1.96. The molecule has 0 amide bonds. The lowest BCUT2D eigenvalue weighted by atomic mass is 10.3. The van der Waals surface area contributed by atoms with Gasteiger partial charge in [-0.15, -0.1) is 0 Å². The summed E-state index contributed by atoms with van der Waals surface area (Å²) in [5.74, 6) is 0.290. The van der Waals surface area contributed by atoms with Crippen LogP contribution >= 0.6 is 0 Å². The van der Waals surface area contributed by atoms with Crippen LogP contribution in [0.5, 0.6) is 0 Å². The Labute approximate surface area is 104 Å². The molecule has 0 atom stereocenters. The quantitative estimate of drug-likeness (QED) is 0.637. The van der Waals surface area contributed by atoms with Crippen LogP contribution < -0.4 is 5.32 Å². The minimum Gasteiger partial charge on any atom is -0.364 e. The molecule has 7 heteroatoms. The summed E-state index contributed by atoms with van der Waals surface area (Å²) >= 11 is 0. The van der Waals surface area contributed by atoms with Gasteiger partial charge in [-0.1, -0.05) is 0 Å². The molecule has 0 aliphatic carbocycles. The highest BCUT2D eigenvalue weighted by atomic mass is 16.6. The van der Waals surface area contributed by atoms with Gasteiger partial charge in [0.05, 0.1) is 10.6 Å². The van der Waals surface area contributed by atoms with E-state index < -0.39 is 4.92 Å². The standard InChI is InChI=1S/C11H13N5O2/c1-15-8-5-9(14-15)4-7-13-11-10(16(17)18)3-2-6-12-11/h2-3,5-6,8H,4,7H2,1H3,(H,12,13). The van der Waals surface area contributed by atoms with Crippen molar-refractivity contribution in [3.05, 3.63) is 46.4 Å². The third kappa shape index (κ3) is 2.82. The zero-order chi connectivity index (χ0) is 13.0. The highest BCUT2D eigenvalue weighted by molar-refractivity contribution is 5.54. The number of pyridine rings is 1. The Morgan fingerprint density at radius 2 is 2.33 bits per heavy atom. The maximum atomic E-state index is 10.8. The van der Waals surface area contributed by atoms with Crippen molar-refractivity contribution in [3.63, 3.8) is 0 Å². The van der Waals surface area contributed by atoms with Crippen molar-refractivity contribution in [3.8, 4) is 0 Å². The molecule has 2 rings (SSSR count). The van der Waals surface area contributed by atoms with Crippen molar-refractivity contribution in [1.82, 2.24) is 14.8 Å². The van der Waals surface area contributed by atoms with Crippen LogP contribution in [-0.2, 0) is 13.5 Å². The predicted molar refractivity (Wildman–Crippen MR) is 66.3 cm³/mol. The first-order valence-corrected chi connectivity index (χ1v) is 5.48. The second-order valence-corrected chi connectivity index (χ2v) is 3.79. The van der Waals surface area contributed by atoms with Crippen LogP contribution in [0, 0.1) is 10.1 Å². The zero-order valence-electron chi connectivity index (χ0n) is 9.91. The lowest BCUT2D eigenvalue weighted by Crippen LogP contribution is -2.08. The van der Waals surface area contributed by atoms with Crippen molar-refractivity contribution in [1.29, 1.82) is 0 Å². The molecule has 0 spiro atoms. The number of aryl methyl sites for hydroxylation is 1. The first kappa shape index (κ1) is 12.0. The van der Waals surface area contributed by atoms with Crippen LogP contribution in [0.2, 0.25) is 0 Å². The lowest BCUT2D eigenvalue weighted by molar-refractivity contribution is -0.384. The second-order valence-electron chi connectivity index (χ2n) is 3.79. The van der Waals surface area contributed by atoms with Crippen LogP contribution in [0.15, 0.2) is 30.6 Å². The third-order valence-electron chi connectivity index (χ3n) is 2.43. The van der Waals surface area contributed by atoms with Crippen molar-refractivity contribution < 1.29 is 4.92 Å². The van der Waals surface area contributed by atoms with Crippen molar-refractivity contribution in [2.24, 2.45) is 7.05 Å². The maximum Gasteiger partial charge on any atom is 0.311 e. The monoisotopic (exact) mass is 247 g/mol. The van der Waals surface area contributed by atoms with E-state index in [-0.39, 0.29) is 5.69 Å². The van der Waals surface area contributed by atoms with Crippen LogP contribution in [0.1, 0.15) is 5.69 Å². The van der Waals surface area contributed by atoms with Crippen molar-refractivity contribution in [2.75, 3.05) is 11.9 Å². The molecule has 0 bridgehead atoms. The van der Waals surface area contributed by atoms with E-state index in [1.54, 1.807) is 10.7 Å². The van der Waals surface area contributed by atoms with Gasteiger partial charge in [0.25, 0.3) is 0 Å². The van der Waals surface area contributed by atoms with E-state index in [0.717, 1.165) is 5.69 Å². The summed E-state index contributed by atoms with van der Waals surface area (Å²) in [5.41, 5.74) is 0.919. The number of nitro groups is 1. The minimum atomic E-state index is -0.448. The van der Waals surface area contributed by atoms with Gasteiger partial charge >= 0.3 is 5.69 Å². The maximum absolute atomic E-state index is 10.8. The fourth-order valence-electron chi connectivity index (χ4n) is 1.59. The Bertz CT molecular complexity index is 552. The zero-order valence-corrected chi connectivity index (χ0v) is 9.91. The van der Waals surface area contributed by atoms with E-state index in [2.05, 4.69) is 15.4 Å². The molecule has 2 aromatic heterocycles. The van der Waals surface area contributed by atoms with Crippen molar-refractivity contribution in [2.45, 2.75) is 6.42 Å². The van der Waals surface area contributed by atoms with Gasteiger partial charge in [0.1, 0.15) is 0 Å². The first-order valence-electron chi connectivity index (χ1n) is 5.48. The summed E-state index contributed by atoms with van der Waals surface area (Å²) in [5, 5.41) is 17.9. The molecule has 94 valence electrons. The van der Waals surface area contributed by atoms with Crippen LogP contribution in [0.4, 0.5) is 11.5 Å².